The highest BCUT2D eigenvalue weighted by Crippen LogP contribution is 2.25. The molecule has 0 bridgehead atoms. The highest BCUT2D eigenvalue weighted by molar-refractivity contribution is 9.10. The van der Waals surface area contributed by atoms with E-state index < -0.39 is 0 Å². The van der Waals surface area contributed by atoms with Crippen molar-refractivity contribution >= 4 is 88.8 Å². The highest BCUT2D eigenvalue weighted by Gasteiger charge is 2.08. The van der Waals surface area contributed by atoms with Gasteiger partial charge in [-0.25, -0.2) is 19.9 Å². The molecule has 0 aliphatic rings. The Hall–Kier alpha value is -4.74. The lowest BCUT2D eigenvalue weighted by molar-refractivity contribution is 1.15. The van der Waals surface area contributed by atoms with Crippen molar-refractivity contribution in [1.29, 1.82) is 0 Å². The summed E-state index contributed by atoms with van der Waals surface area (Å²) in [5.74, 6) is 1.61. The topological polar surface area (TPSA) is 107 Å². The maximum Gasteiger partial charge on any atom is 0.178 e. The number of nitrogens with zero attached hydrogens (tertiary/aromatic N) is 4. The number of nitrogens with one attached hydrogen (secondary N) is 4. The normalized spacial score (nSPS) is 11.0. The van der Waals surface area contributed by atoms with Gasteiger partial charge < -0.3 is 20.6 Å². The van der Waals surface area contributed by atoms with Gasteiger partial charge in [-0.1, -0.05) is 53.5 Å². The van der Waals surface area contributed by atoms with Crippen LogP contribution in [-0.4, -0.2) is 29.9 Å². The quantitative estimate of drug-likeness (QED) is 0.122. The van der Waals surface area contributed by atoms with Crippen LogP contribution in [0.2, 0.25) is 10.0 Å². The summed E-state index contributed by atoms with van der Waals surface area (Å²) in [5, 5.41) is 8.30. The zero-order valence-corrected chi connectivity index (χ0v) is 30.9. The van der Waals surface area contributed by atoms with Crippen LogP contribution in [0.3, 0.4) is 0 Å². The third-order valence-corrected chi connectivity index (χ3v) is 9.26. The van der Waals surface area contributed by atoms with Crippen LogP contribution in [0.15, 0.2) is 131 Å². The molecular formula is C38H28Br2Cl2N8. The number of fused-ring (bicyclic) bond motifs is 2. The largest absolute Gasteiger partial charge is 0.381 e. The number of aromatic amines is 2. The summed E-state index contributed by atoms with van der Waals surface area (Å²) >= 11 is 18.9. The van der Waals surface area contributed by atoms with E-state index in [1.54, 1.807) is 12.4 Å². The number of hydrogen-bond donors (Lipinski definition) is 4. The molecule has 8 rings (SSSR count). The number of halogens is 4. The summed E-state index contributed by atoms with van der Waals surface area (Å²) in [6, 6.07) is 35.9. The average molecular weight is 827 g/mol. The maximum absolute atomic E-state index is 6.18. The molecule has 4 aromatic carbocycles. The van der Waals surface area contributed by atoms with Crippen LogP contribution >= 0.6 is 55.1 Å². The van der Waals surface area contributed by atoms with Crippen molar-refractivity contribution in [2.45, 2.75) is 13.1 Å². The fourth-order valence-electron chi connectivity index (χ4n) is 5.16. The van der Waals surface area contributed by atoms with Gasteiger partial charge in [0.1, 0.15) is 11.6 Å². The molecular weight excluding hydrogens is 799 g/mol. The summed E-state index contributed by atoms with van der Waals surface area (Å²) in [4.78, 5) is 24.3. The van der Waals surface area contributed by atoms with E-state index in [2.05, 4.69) is 72.4 Å². The van der Waals surface area contributed by atoms with Gasteiger partial charge in [0.15, 0.2) is 11.3 Å². The van der Waals surface area contributed by atoms with Crippen molar-refractivity contribution in [2.24, 2.45) is 0 Å². The maximum atomic E-state index is 6.18. The Balaban J connectivity index is 0.000000157. The Morgan fingerprint density at radius 1 is 0.580 bits per heavy atom. The van der Waals surface area contributed by atoms with E-state index in [-0.39, 0.29) is 0 Å². The molecule has 0 unspecified atom stereocenters. The summed E-state index contributed by atoms with van der Waals surface area (Å²) < 4.78 is 1.85. The Morgan fingerprint density at radius 3 is 1.60 bits per heavy atom. The van der Waals surface area contributed by atoms with Crippen molar-refractivity contribution in [3.05, 3.63) is 152 Å². The molecule has 4 heterocycles. The van der Waals surface area contributed by atoms with Crippen molar-refractivity contribution in [3.8, 4) is 22.8 Å². The third kappa shape index (κ3) is 8.34. The van der Waals surface area contributed by atoms with E-state index in [0.717, 1.165) is 76.3 Å². The second kappa shape index (κ2) is 15.4. The van der Waals surface area contributed by atoms with Crippen LogP contribution in [-0.2, 0) is 13.1 Å². The van der Waals surface area contributed by atoms with Gasteiger partial charge in [-0.2, -0.15) is 0 Å². The van der Waals surface area contributed by atoms with Gasteiger partial charge in [0.25, 0.3) is 0 Å². The fraction of sp³-hybridized carbons (Fsp3) is 0.0526. The second-order valence-corrected chi connectivity index (χ2v) is 14.0. The summed E-state index contributed by atoms with van der Waals surface area (Å²) in [7, 11) is 0. The number of rotatable bonds is 8. The van der Waals surface area contributed by atoms with Crippen molar-refractivity contribution in [1.82, 2.24) is 29.9 Å². The van der Waals surface area contributed by atoms with Gasteiger partial charge in [-0.15, -0.1) is 0 Å². The van der Waals surface area contributed by atoms with Crippen molar-refractivity contribution < 1.29 is 0 Å². The molecule has 50 heavy (non-hydrogen) atoms. The molecule has 0 saturated carbocycles. The number of aromatic nitrogens is 6. The van der Waals surface area contributed by atoms with Gasteiger partial charge in [-0.05, 0) is 122 Å². The predicted octanol–water partition coefficient (Wildman–Crippen LogP) is 11.3. The van der Waals surface area contributed by atoms with E-state index in [1.807, 2.05) is 109 Å². The molecule has 0 fully saturated rings. The zero-order chi connectivity index (χ0) is 34.5. The first-order chi connectivity index (χ1) is 24.4. The number of benzene rings is 4. The number of hydrogen-bond acceptors (Lipinski definition) is 6. The Labute approximate surface area is 315 Å². The Bertz CT molecular complexity index is 2380. The number of imidazole rings is 2. The summed E-state index contributed by atoms with van der Waals surface area (Å²) in [5.41, 5.74) is 9.60. The number of H-pyrrole nitrogens is 2. The Kier molecular flexibility index (Phi) is 10.4. The molecule has 12 heteroatoms. The first kappa shape index (κ1) is 33.7. The molecule has 4 N–H and O–H groups in total. The molecule has 0 aliphatic carbocycles. The minimum absolute atomic E-state index is 0.682. The lowest BCUT2D eigenvalue weighted by Crippen LogP contribution is -1.99. The zero-order valence-electron chi connectivity index (χ0n) is 26.3. The highest BCUT2D eigenvalue weighted by atomic mass is 79.9. The first-order valence-electron chi connectivity index (χ1n) is 15.6. The molecule has 0 atom stereocenters. The minimum atomic E-state index is 0.682. The van der Waals surface area contributed by atoms with Crippen LogP contribution < -0.4 is 10.6 Å². The van der Waals surface area contributed by atoms with E-state index in [1.165, 1.54) is 5.56 Å². The number of anilines is 2. The average Bonchev–Trinajstić information content (AvgIpc) is 3.76. The van der Waals surface area contributed by atoms with E-state index >= 15 is 0 Å². The molecule has 0 spiro atoms. The molecule has 8 aromatic rings. The van der Waals surface area contributed by atoms with Crippen LogP contribution in [0.5, 0.6) is 0 Å². The Morgan fingerprint density at radius 2 is 1.08 bits per heavy atom. The first-order valence-corrected chi connectivity index (χ1v) is 17.9. The van der Waals surface area contributed by atoms with E-state index in [4.69, 9.17) is 23.2 Å². The molecule has 0 radical (unpaired) electrons. The van der Waals surface area contributed by atoms with Gasteiger partial charge in [-0.3, -0.25) is 0 Å². The van der Waals surface area contributed by atoms with Crippen LogP contribution in [0.25, 0.3) is 45.1 Å². The van der Waals surface area contributed by atoms with Crippen molar-refractivity contribution in [3.63, 3.8) is 0 Å². The molecule has 0 saturated heterocycles. The molecule has 4 aromatic heterocycles. The van der Waals surface area contributed by atoms with Crippen LogP contribution in [0.1, 0.15) is 11.1 Å². The molecule has 0 aliphatic heterocycles. The fourth-order valence-corrected chi connectivity index (χ4v) is 6.15. The van der Waals surface area contributed by atoms with Gasteiger partial charge in [0.2, 0.25) is 0 Å². The van der Waals surface area contributed by atoms with E-state index in [9.17, 15) is 0 Å². The standard InChI is InChI=1S/2C19H14BrClN4/c20-14-9-17-19(23-11-14)25-18(24-17)13-3-7-16(8-4-13)22-10-12-1-5-15(21)6-2-12;20-14-9-17-19(23-11-14)25-18(24-17)12-5-7-15(8-6-12)22-10-13-3-1-2-4-16(13)21/h2*1-9,11,22H,10H2,(H,23,24,25). The molecule has 0 amide bonds. The lowest BCUT2D eigenvalue weighted by Gasteiger charge is -2.08. The van der Waals surface area contributed by atoms with E-state index in [0.29, 0.717) is 17.8 Å². The predicted molar refractivity (Wildman–Crippen MR) is 212 cm³/mol. The monoisotopic (exact) mass is 824 g/mol. The van der Waals surface area contributed by atoms with Crippen LogP contribution in [0.4, 0.5) is 11.4 Å². The molecule has 8 nitrogen and oxygen atoms in total. The van der Waals surface area contributed by atoms with Gasteiger partial charge in [0.05, 0.1) is 11.0 Å². The smallest absolute Gasteiger partial charge is 0.178 e. The number of pyridine rings is 2. The summed E-state index contributed by atoms with van der Waals surface area (Å²) in [6.45, 7) is 1.43. The second-order valence-electron chi connectivity index (χ2n) is 11.3. The summed E-state index contributed by atoms with van der Waals surface area (Å²) in [6.07, 6.45) is 3.49. The third-order valence-electron chi connectivity index (χ3n) is 7.78. The minimum Gasteiger partial charge on any atom is -0.381 e. The van der Waals surface area contributed by atoms with Gasteiger partial charge in [0, 0.05) is 67.0 Å². The van der Waals surface area contributed by atoms with Gasteiger partial charge >= 0.3 is 0 Å². The van der Waals surface area contributed by atoms with Crippen molar-refractivity contribution in [2.75, 3.05) is 10.6 Å². The molecule has 248 valence electrons. The SMILES string of the molecule is Clc1ccc(CNc2ccc(-c3nc4ncc(Br)cc4[nH]3)cc2)cc1.Clc1ccccc1CNc1ccc(-c2nc3ncc(Br)cc3[nH]2)cc1. The lowest BCUT2D eigenvalue weighted by atomic mass is 10.2. The van der Waals surface area contributed by atoms with Crippen LogP contribution in [0, 0.1) is 0 Å².